The largest absolute Gasteiger partial charge is 0.495 e. The van der Waals surface area contributed by atoms with Crippen molar-refractivity contribution in [2.45, 2.75) is 13.3 Å². The third-order valence-corrected chi connectivity index (χ3v) is 4.20. The second-order valence-corrected chi connectivity index (χ2v) is 6.32. The first-order valence-electron chi connectivity index (χ1n) is 6.18. The number of carbonyl (C=O) groups excluding carboxylic acids is 1. The molecule has 0 spiro atoms. The number of methoxy groups -OCH3 is 1. The average molecular weight is 301 g/mol. The van der Waals surface area contributed by atoms with Crippen LogP contribution in [0.25, 0.3) is 0 Å². The first kappa shape index (κ1) is 14.8. The van der Waals surface area contributed by atoms with Crippen LogP contribution in [0.3, 0.4) is 0 Å². The molecular weight excluding hydrogens is 285 g/mol. The Balaban J connectivity index is 2.29. The lowest BCUT2D eigenvalue weighted by atomic mass is 10.1. The van der Waals surface area contributed by atoms with E-state index in [1.165, 1.54) is 12.0 Å². The molecule has 1 heterocycles. The van der Waals surface area contributed by atoms with Gasteiger partial charge in [-0.15, -0.1) is 3.89 Å². The van der Waals surface area contributed by atoms with Gasteiger partial charge < -0.3 is 9.64 Å². The molecular formula is C13H16FNO4S. The zero-order chi connectivity index (χ0) is 14.9. The van der Waals surface area contributed by atoms with Gasteiger partial charge in [0.2, 0.25) is 5.91 Å². The minimum Gasteiger partial charge on any atom is -0.495 e. The number of nitrogens with zero attached hydrogens (tertiary/aromatic N) is 1. The van der Waals surface area contributed by atoms with E-state index in [0.717, 1.165) is 5.56 Å². The van der Waals surface area contributed by atoms with Crippen LogP contribution in [0.4, 0.5) is 9.57 Å². The summed E-state index contributed by atoms with van der Waals surface area (Å²) >= 11 is 0. The minimum absolute atomic E-state index is 0.0284. The van der Waals surface area contributed by atoms with Crippen LogP contribution in [0.15, 0.2) is 18.2 Å². The van der Waals surface area contributed by atoms with Crippen LogP contribution in [0.5, 0.6) is 5.75 Å². The molecule has 1 aromatic rings. The van der Waals surface area contributed by atoms with Crippen molar-refractivity contribution in [3.05, 3.63) is 23.8 Å². The van der Waals surface area contributed by atoms with Gasteiger partial charge in [-0.2, -0.15) is 8.42 Å². The van der Waals surface area contributed by atoms with Gasteiger partial charge in [-0.1, -0.05) is 12.1 Å². The summed E-state index contributed by atoms with van der Waals surface area (Å²) in [5, 5.41) is 0. The summed E-state index contributed by atoms with van der Waals surface area (Å²) in [6.07, 6.45) is 0.0284. The fraction of sp³-hybridized carbons (Fsp3) is 0.462. The van der Waals surface area contributed by atoms with E-state index >= 15 is 0 Å². The van der Waals surface area contributed by atoms with Crippen LogP contribution in [-0.4, -0.2) is 33.7 Å². The number of para-hydroxylation sites is 1. The fourth-order valence-corrected chi connectivity index (χ4v) is 3.32. The molecule has 1 aliphatic heterocycles. The molecule has 0 radical (unpaired) electrons. The molecule has 2 rings (SSSR count). The second-order valence-electron chi connectivity index (χ2n) is 4.91. The summed E-state index contributed by atoms with van der Waals surface area (Å²) in [5.41, 5.74) is 1.47. The minimum atomic E-state index is -4.57. The van der Waals surface area contributed by atoms with Crippen molar-refractivity contribution in [1.82, 2.24) is 0 Å². The molecule has 1 aromatic carbocycles. The number of rotatable bonds is 4. The number of aryl methyl sites for hydroxylation is 1. The third-order valence-electron chi connectivity index (χ3n) is 3.33. The van der Waals surface area contributed by atoms with E-state index in [4.69, 9.17) is 4.74 Å². The number of hydrogen-bond acceptors (Lipinski definition) is 4. The van der Waals surface area contributed by atoms with E-state index in [0.29, 0.717) is 11.4 Å². The Hall–Kier alpha value is -1.63. The number of amides is 1. The number of hydrogen-bond donors (Lipinski definition) is 0. The predicted molar refractivity (Wildman–Crippen MR) is 73.1 cm³/mol. The van der Waals surface area contributed by atoms with Crippen LogP contribution in [0.1, 0.15) is 12.0 Å². The maximum absolute atomic E-state index is 12.7. The van der Waals surface area contributed by atoms with Crippen LogP contribution < -0.4 is 9.64 Å². The first-order valence-corrected chi connectivity index (χ1v) is 7.73. The monoisotopic (exact) mass is 301 g/mol. The lowest BCUT2D eigenvalue weighted by Gasteiger charge is -2.21. The van der Waals surface area contributed by atoms with Crippen LogP contribution >= 0.6 is 0 Å². The average Bonchev–Trinajstić information content (AvgIpc) is 2.67. The topological polar surface area (TPSA) is 63.7 Å². The Morgan fingerprint density at radius 1 is 1.45 bits per heavy atom. The number of benzene rings is 1. The van der Waals surface area contributed by atoms with Crippen LogP contribution in [0, 0.1) is 12.8 Å². The first-order chi connectivity index (χ1) is 9.31. The van der Waals surface area contributed by atoms with Gasteiger partial charge in [0, 0.05) is 18.9 Å². The zero-order valence-electron chi connectivity index (χ0n) is 11.3. The van der Waals surface area contributed by atoms with Crippen molar-refractivity contribution < 1.29 is 21.8 Å². The molecule has 1 saturated heterocycles. The Bertz CT molecular complexity index is 629. The highest BCUT2D eigenvalue weighted by Crippen LogP contribution is 2.36. The maximum Gasteiger partial charge on any atom is 0.302 e. The summed E-state index contributed by atoms with van der Waals surface area (Å²) in [6, 6.07) is 5.38. The Morgan fingerprint density at radius 2 is 2.15 bits per heavy atom. The van der Waals surface area contributed by atoms with Gasteiger partial charge in [0.1, 0.15) is 5.75 Å². The summed E-state index contributed by atoms with van der Waals surface area (Å²) in [7, 11) is -3.07. The van der Waals surface area contributed by atoms with E-state index in [1.54, 1.807) is 6.07 Å². The SMILES string of the molecule is COc1cccc(C)c1N1CC(CS(=O)(=O)F)CC1=O. The van der Waals surface area contributed by atoms with Gasteiger partial charge in [0.15, 0.2) is 0 Å². The van der Waals surface area contributed by atoms with E-state index in [9.17, 15) is 17.1 Å². The summed E-state index contributed by atoms with van der Waals surface area (Å²) in [6.45, 7) is 2.02. The highest BCUT2D eigenvalue weighted by molar-refractivity contribution is 7.86. The van der Waals surface area contributed by atoms with E-state index in [1.807, 2.05) is 19.1 Å². The van der Waals surface area contributed by atoms with Gasteiger partial charge in [0.25, 0.3) is 0 Å². The number of carbonyl (C=O) groups is 1. The second kappa shape index (κ2) is 5.40. The van der Waals surface area contributed by atoms with Gasteiger partial charge in [-0.05, 0) is 18.6 Å². The molecule has 0 N–H and O–H groups in total. The zero-order valence-corrected chi connectivity index (χ0v) is 12.1. The molecule has 0 aromatic heterocycles. The summed E-state index contributed by atoms with van der Waals surface area (Å²) < 4.78 is 39.4. The van der Waals surface area contributed by atoms with E-state index in [-0.39, 0.29) is 18.9 Å². The molecule has 0 aliphatic carbocycles. The predicted octanol–water partition coefficient (Wildman–Crippen LogP) is 1.66. The molecule has 1 aliphatic rings. The van der Waals surface area contributed by atoms with Gasteiger partial charge in [0.05, 0.1) is 18.6 Å². The normalized spacial score (nSPS) is 19.4. The smallest absolute Gasteiger partial charge is 0.302 e. The molecule has 1 unspecified atom stereocenters. The highest BCUT2D eigenvalue weighted by Gasteiger charge is 2.35. The standard InChI is InChI=1S/C13H16FNO4S/c1-9-4-3-5-11(19-2)13(9)15-7-10(6-12(15)16)8-20(14,17)18/h3-5,10H,6-8H2,1-2H3. The van der Waals surface area contributed by atoms with E-state index < -0.39 is 21.9 Å². The number of ether oxygens (including phenoxy) is 1. The van der Waals surface area contributed by atoms with Gasteiger partial charge >= 0.3 is 10.2 Å². The Morgan fingerprint density at radius 3 is 2.75 bits per heavy atom. The van der Waals surface area contributed by atoms with Crippen molar-refractivity contribution in [2.75, 3.05) is 24.3 Å². The molecule has 110 valence electrons. The fourth-order valence-electron chi connectivity index (χ4n) is 2.53. The van der Waals surface area contributed by atoms with Gasteiger partial charge in [-0.3, -0.25) is 4.79 Å². The Kier molecular flexibility index (Phi) is 3.99. The van der Waals surface area contributed by atoms with Crippen molar-refractivity contribution in [3.8, 4) is 5.75 Å². The molecule has 1 amide bonds. The molecule has 0 bridgehead atoms. The van der Waals surface area contributed by atoms with Crippen molar-refractivity contribution in [3.63, 3.8) is 0 Å². The molecule has 5 nitrogen and oxygen atoms in total. The lowest BCUT2D eigenvalue weighted by Crippen LogP contribution is -2.26. The van der Waals surface area contributed by atoms with E-state index in [2.05, 4.69) is 0 Å². The summed E-state index contributed by atoms with van der Waals surface area (Å²) in [4.78, 5) is 13.5. The van der Waals surface area contributed by atoms with Gasteiger partial charge in [-0.25, -0.2) is 0 Å². The molecule has 1 fully saturated rings. The van der Waals surface area contributed by atoms with Crippen LogP contribution in [0.2, 0.25) is 0 Å². The third kappa shape index (κ3) is 3.09. The molecule has 20 heavy (non-hydrogen) atoms. The Labute approximate surface area is 117 Å². The van der Waals surface area contributed by atoms with Crippen molar-refractivity contribution >= 4 is 21.8 Å². The van der Waals surface area contributed by atoms with Crippen molar-refractivity contribution in [1.29, 1.82) is 0 Å². The summed E-state index contributed by atoms with van der Waals surface area (Å²) in [5.74, 6) is -0.821. The molecule has 1 atom stereocenters. The highest BCUT2D eigenvalue weighted by atomic mass is 32.3. The number of halogens is 1. The molecule has 0 saturated carbocycles. The lowest BCUT2D eigenvalue weighted by molar-refractivity contribution is -0.117. The quantitative estimate of drug-likeness (QED) is 0.793. The van der Waals surface area contributed by atoms with Crippen LogP contribution in [-0.2, 0) is 15.0 Å². The maximum atomic E-state index is 12.7. The number of anilines is 1. The molecule has 7 heteroatoms. The van der Waals surface area contributed by atoms with Crippen molar-refractivity contribution in [2.24, 2.45) is 5.92 Å².